The summed E-state index contributed by atoms with van der Waals surface area (Å²) in [7, 11) is -4.09. The molecule has 0 saturated heterocycles. The molecule has 0 bridgehead atoms. The molecule has 2 amide bonds. The van der Waals surface area contributed by atoms with Crippen LogP contribution in [0.2, 0.25) is 0 Å². The highest BCUT2D eigenvalue weighted by atomic mass is 32.2. The molecule has 0 fully saturated rings. The monoisotopic (exact) mass is 563 g/mol. The Bertz CT molecular complexity index is 1400. The highest BCUT2D eigenvalue weighted by molar-refractivity contribution is 7.92. The molecular formula is C32H41N3O4S. The number of hydrogen-bond donors (Lipinski definition) is 1. The van der Waals surface area contributed by atoms with Gasteiger partial charge in [-0.2, -0.15) is 0 Å². The summed E-state index contributed by atoms with van der Waals surface area (Å²) >= 11 is 0. The van der Waals surface area contributed by atoms with Crippen molar-refractivity contribution in [2.75, 3.05) is 17.4 Å². The molecule has 0 unspecified atom stereocenters. The quantitative estimate of drug-likeness (QED) is 0.312. The Morgan fingerprint density at radius 3 is 2.05 bits per heavy atom. The van der Waals surface area contributed by atoms with E-state index in [0.717, 1.165) is 26.6 Å². The number of aryl methyl sites for hydroxylation is 2. The second kappa shape index (κ2) is 13.6. The number of likely N-dealkylation sites (N-methyl/N-ethyl adjacent to an activating group) is 1. The van der Waals surface area contributed by atoms with Crippen molar-refractivity contribution < 1.29 is 18.0 Å². The minimum atomic E-state index is -4.09. The van der Waals surface area contributed by atoms with Crippen LogP contribution in [-0.2, 0) is 26.2 Å². The van der Waals surface area contributed by atoms with Crippen molar-refractivity contribution in [1.29, 1.82) is 0 Å². The predicted octanol–water partition coefficient (Wildman–Crippen LogP) is 5.57. The fourth-order valence-electron chi connectivity index (χ4n) is 4.57. The molecule has 8 heteroatoms. The van der Waals surface area contributed by atoms with Gasteiger partial charge in [-0.1, -0.05) is 74.9 Å². The van der Waals surface area contributed by atoms with E-state index in [1.165, 1.54) is 4.90 Å². The number of benzene rings is 3. The van der Waals surface area contributed by atoms with Gasteiger partial charge in [0, 0.05) is 13.1 Å². The van der Waals surface area contributed by atoms with Crippen molar-refractivity contribution in [3.8, 4) is 0 Å². The summed E-state index contributed by atoms with van der Waals surface area (Å²) < 4.78 is 29.1. The molecule has 3 rings (SSSR count). The molecule has 7 nitrogen and oxygen atoms in total. The number of anilines is 1. The molecule has 3 aromatic rings. The normalized spacial score (nSPS) is 12.2. The number of nitrogens with zero attached hydrogens (tertiary/aromatic N) is 2. The number of nitrogens with one attached hydrogen (secondary N) is 1. The highest BCUT2D eigenvalue weighted by Gasteiger charge is 2.33. The largest absolute Gasteiger partial charge is 0.355 e. The Morgan fingerprint density at radius 1 is 0.875 bits per heavy atom. The summed E-state index contributed by atoms with van der Waals surface area (Å²) in [6.45, 7) is 11.8. The third-order valence-corrected chi connectivity index (χ3v) is 8.86. The van der Waals surface area contributed by atoms with E-state index in [1.807, 2.05) is 64.1 Å². The Morgan fingerprint density at radius 2 is 1.50 bits per heavy atom. The van der Waals surface area contributed by atoms with Crippen LogP contribution in [0.3, 0.4) is 0 Å². The average Bonchev–Trinajstić information content (AvgIpc) is 2.93. The van der Waals surface area contributed by atoms with Crippen molar-refractivity contribution in [2.24, 2.45) is 0 Å². The second-order valence-electron chi connectivity index (χ2n) is 10.3. The molecule has 0 saturated carbocycles. The number of carbonyl (C=O) groups is 2. The van der Waals surface area contributed by atoms with Crippen molar-refractivity contribution in [1.82, 2.24) is 10.2 Å². The fraction of sp³-hybridized carbons (Fsp3) is 0.375. The third kappa shape index (κ3) is 7.30. The van der Waals surface area contributed by atoms with Gasteiger partial charge < -0.3 is 10.2 Å². The summed E-state index contributed by atoms with van der Waals surface area (Å²) in [4.78, 5) is 28.8. The fourth-order valence-corrected chi connectivity index (χ4v) is 5.99. The van der Waals surface area contributed by atoms with E-state index in [0.29, 0.717) is 18.7 Å². The maximum atomic E-state index is 14.1. The Balaban J connectivity index is 2.08. The molecule has 40 heavy (non-hydrogen) atoms. The van der Waals surface area contributed by atoms with Crippen LogP contribution in [0.4, 0.5) is 5.69 Å². The molecule has 0 aromatic heterocycles. The third-order valence-electron chi connectivity index (χ3n) is 7.07. The molecule has 0 aliphatic rings. The summed E-state index contributed by atoms with van der Waals surface area (Å²) in [6.07, 6.45) is 0.386. The van der Waals surface area contributed by atoms with Crippen molar-refractivity contribution >= 4 is 27.5 Å². The summed E-state index contributed by atoms with van der Waals surface area (Å²) in [5.41, 5.74) is 4.26. The smallest absolute Gasteiger partial charge is 0.264 e. The van der Waals surface area contributed by atoms with Crippen LogP contribution in [0.5, 0.6) is 0 Å². The minimum absolute atomic E-state index is 0.0973. The topological polar surface area (TPSA) is 86.8 Å². The van der Waals surface area contributed by atoms with E-state index in [4.69, 9.17) is 0 Å². The zero-order valence-electron chi connectivity index (χ0n) is 24.3. The van der Waals surface area contributed by atoms with Gasteiger partial charge in [0.2, 0.25) is 11.8 Å². The lowest BCUT2D eigenvalue weighted by molar-refractivity contribution is -0.140. The van der Waals surface area contributed by atoms with Gasteiger partial charge in [-0.15, -0.1) is 0 Å². The molecular weight excluding hydrogens is 522 g/mol. The van der Waals surface area contributed by atoms with Gasteiger partial charge in [0.05, 0.1) is 10.6 Å². The Hall–Kier alpha value is -3.65. The first-order valence-corrected chi connectivity index (χ1v) is 15.2. The maximum absolute atomic E-state index is 14.1. The van der Waals surface area contributed by atoms with Crippen LogP contribution in [0.1, 0.15) is 62.3 Å². The molecule has 0 aliphatic carbocycles. The van der Waals surface area contributed by atoms with Crippen LogP contribution in [0.15, 0.2) is 77.7 Å². The molecule has 0 heterocycles. The van der Waals surface area contributed by atoms with Gasteiger partial charge in [-0.05, 0) is 74.1 Å². The van der Waals surface area contributed by atoms with Crippen molar-refractivity contribution in [3.05, 3.63) is 95.1 Å². The average molecular weight is 564 g/mol. The van der Waals surface area contributed by atoms with Gasteiger partial charge in [0.15, 0.2) is 0 Å². The number of rotatable bonds is 12. The molecule has 1 N–H and O–H groups in total. The molecule has 214 valence electrons. The first kappa shape index (κ1) is 30.9. The van der Waals surface area contributed by atoms with Gasteiger partial charge >= 0.3 is 0 Å². The Labute approximate surface area is 239 Å². The van der Waals surface area contributed by atoms with Crippen LogP contribution >= 0.6 is 0 Å². The first-order valence-electron chi connectivity index (χ1n) is 13.8. The van der Waals surface area contributed by atoms with Gasteiger partial charge in [-0.3, -0.25) is 13.9 Å². The van der Waals surface area contributed by atoms with Crippen molar-refractivity contribution in [3.63, 3.8) is 0 Å². The molecule has 3 aromatic carbocycles. The van der Waals surface area contributed by atoms with E-state index in [9.17, 15) is 18.0 Å². The van der Waals surface area contributed by atoms with E-state index in [1.54, 1.807) is 36.4 Å². The molecule has 0 spiro atoms. The summed E-state index contributed by atoms with van der Waals surface area (Å²) in [6, 6.07) is 20.8. The highest BCUT2D eigenvalue weighted by Crippen LogP contribution is 2.27. The van der Waals surface area contributed by atoms with Crippen LogP contribution in [0.25, 0.3) is 0 Å². The van der Waals surface area contributed by atoms with E-state index in [-0.39, 0.29) is 23.3 Å². The van der Waals surface area contributed by atoms with Crippen LogP contribution in [-0.4, -0.2) is 44.3 Å². The predicted molar refractivity (Wildman–Crippen MR) is 161 cm³/mol. The van der Waals surface area contributed by atoms with E-state index in [2.05, 4.69) is 19.2 Å². The first-order chi connectivity index (χ1) is 19.0. The zero-order valence-corrected chi connectivity index (χ0v) is 25.2. The number of carbonyl (C=O) groups excluding carboxylic acids is 2. The standard InChI is InChI=1S/C32H41N3O4S/c1-7-30(32(37)33-8-2)34(21-27-12-10-9-11-25(27)6)31(36)22-35(28-17-15-26(16-18-28)23(3)4)40(38,39)29-19-13-24(5)14-20-29/h9-20,23,30H,7-8,21-22H2,1-6H3,(H,33,37)/t30-/m1/s1. The molecule has 0 aliphatic heterocycles. The summed E-state index contributed by atoms with van der Waals surface area (Å²) in [5, 5.41) is 2.83. The SMILES string of the molecule is CCNC(=O)[C@@H](CC)N(Cc1ccccc1C)C(=O)CN(c1ccc(C(C)C)cc1)S(=O)(=O)c1ccc(C)cc1. The van der Waals surface area contributed by atoms with Crippen molar-refractivity contribution in [2.45, 2.75) is 71.4 Å². The zero-order chi connectivity index (χ0) is 29.4. The molecule has 1 atom stereocenters. The second-order valence-corrected chi connectivity index (χ2v) is 12.2. The van der Waals surface area contributed by atoms with E-state index >= 15 is 0 Å². The summed E-state index contributed by atoms with van der Waals surface area (Å²) in [5.74, 6) is -0.448. The lowest BCUT2D eigenvalue weighted by atomic mass is 10.0. The lowest BCUT2D eigenvalue weighted by Crippen LogP contribution is -2.52. The van der Waals surface area contributed by atoms with Gasteiger partial charge in [0.1, 0.15) is 12.6 Å². The molecule has 0 radical (unpaired) electrons. The van der Waals surface area contributed by atoms with Crippen LogP contribution in [0, 0.1) is 13.8 Å². The number of amides is 2. The lowest BCUT2D eigenvalue weighted by Gasteiger charge is -2.33. The van der Waals surface area contributed by atoms with Gasteiger partial charge in [0.25, 0.3) is 10.0 Å². The Kier molecular flexibility index (Phi) is 10.5. The van der Waals surface area contributed by atoms with E-state index < -0.39 is 28.5 Å². The number of sulfonamides is 1. The van der Waals surface area contributed by atoms with Crippen LogP contribution < -0.4 is 9.62 Å². The number of hydrogen-bond acceptors (Lipinski definition) is 4. The maximum Gasteiger partial charge on any atom is 0.264 e. The van der Waals surface area contributed by atoms with Gasteiger partial charge in [-0.25, -0.2) is 8.42 Å². The minimum Gasteiger partial charge on any atom is -0.355 e.